The number of amides is 1. The first-order valence-corrected chi connectivity index (χ1v) is 13.8. The molecule has 1 fully saturated rings. The molecule has 1 aliphatic rings. The van der Waals surface area contributed by atoms with Gasteiger partial charge in [-0.05, 0) is 57.0 Å². The lowest BCUT2D eigenvalue weighted by atomic mass is 10.2. The van der Waals surface area contributed by atoms with Crippen LogP contribution in [-0.4, -0.2) is 59.5 Å². The average molecular weight is 496 g/mol. The van der Waals surface area contributed by atoms with Gasteiger partial charge in [0.2, 0.25) is 26.0 Å². The fraction of sp³-hybridized carbons (Fsp3) is 0.409. The zero-order valence-electron chi connectivity index (χ0n) is 19.1. The van der Waals surface area contributed by atoms with Crippen molar-refractivity contribution in [2.45, 2.75) is 37.6 Å². The lowest BCUT2D eigenvalue weighted by molar-refractivity contribution is -0.116. The summed E-state index contributed by atoms with van der Waals surface area (Å²) in [5.74, 6) is -0.368. The fourth-order valence-electron chi connectivity index (χ4n) is 3.76. The van der Waals surface area contributed by atoms with Crippen LogP contribution in [0.1, 0.15) is 25.3 Å². The van der Waals surface area contributed by atoms with Crippen molar-refractivity contribution in [1.82, 2.24) is 4.31 Å². The van der Waals surface area contributed by atoms with E-state index >= 15 is 0 Å². The molecule has 1 amide bonds. The third-order valence-electron chi connectivity index (χ3n) is 5.51. The van der Waals surface area contributed by atoms with Crippen molar-refractivity contribution in [2.75, 3.05) is 36.1 Å². The van der Waals surface area contributed by atoms with Crippen molar-refractivity contribution in [2.24, 2.45) is 0 Å². The Morgan fingerprint density at radius 1 is 1.06 bits per heavy atom. The molecule has 9 nitrogen and oxygen atoms in total. The number of sulfonamides is 2. The van der Waals surface area contributed by atoms with Crippen LogP contribution in [0.2, 0.25) is 0 Å². The van der Waals surface area contributed by atoms with Crippen LogP contribution < -0.4 is 14.4 Å². The lowest BCUT2D eigenvalue weighted by Gasteiger charge is -2.28. The Bertz CT molecular complexity index is 1220. The molecule has 0 aromatic heterocycles. The third-order valence-corrected chi connectivity index (χ3v) is 8.64. The van der Waals surface area contributed by atoms with Gasteiger partial charge in [-0.2, -0.15) is 4.31 Å². The highest BCUT2D eigenvalue weighted by Gasteiger charge is 2.31. The van der Waals surface area contributed by atoms with E-state index in [1.165, 1.54) is 36.5 Å². The summed E-state index contributed by atoms with van der Waals surface area (Å²) >= 11 is 0. The number of benzene rings is 2. The van der Waals surface area contributed by atoms with Gasteiger partial charge >= 0.3 is 0 Å². The number of methoxy groups -OCH3 is 1. The maximum absolute atomic E-state index is 13.1. The molecule has 0 bridgehead atoms. The molecule has 1 aliphatic heterocycles. The number of carbonyl (C=O) groups is 1. The topological polar surface area (TPSA) is 113 Å². The van der Waals surface area contributed by atoms with Crippen LogP contribution in [0.25, 0.3) is 0 Å². The van der Waals surface area contributed by atoms with Crippen LogP contribution in [0.15, 0.2) is 47.4 Å². The van der Waals surface area contributed by atoms with E-state index < -0.39 is 32.0 Å². The molecule has 0 saturated carbocycles. The second kappa shape index (κ2) is 9.70. The zero-order chi connectivity index (χ0) is 24.4. The molecule has 1 saturated heterocycles. The van der Waals surface area contributed by atoms with E-state index in [-0.39, 0.29) is 16.3 Å². The van der Waals surface area contributed by atoms with Crippen molar-refractivity contribution in [3.63, 3.8) is 0 Å². The molecule has 0 unspecified atom stereocenters. The number of ether oxygens (including phenoxy) is 1. The van der Waals surface area contributed by atoms with E-state index in [0.717, 1.165) is 29.0 Å². The Balaban J connectivity index is 1.92. The quantitative estimate of drug-likeness (QED) is 0.602. The summed E-state index contributed by atoms with van der Waals surface area (Å²) in [7, 11) is -6.09. The highest BCUT2D eigenvalue weighted by Crippen LogP contribution is 2.31. The summed E-state index contributed by atoms with van der Waals surface area (Å²) < 4.78 is 58.6. The van der Waals surface area contributed by atoms with Crippen LogP contribution in [-0.2, 0) is 24.8 Å². The Morgan fingerprint density at radius 3 is 2.21 bits per heavy atom. The molecule has 0 spiro atoms. The molecule has 2 aromatic carbocycles. The lowest BCUT2D eigenvalue weighted by Crippen LogP contribution is -2.45. The van der Waals surface area contributed by atoms with E-state index in [4.69, 9.17) is 4.74 Å². The third kappa shape index (κ3) is 5.48. The van der Waals surface area contributed by atoms with Crippen LogP contribution in [0.5, 0.6) is 5.75 Å². The maximum atomic E-state index is 13.1. The van der Waals surface area contributed by atoms with Crippen molar-refractivity contribution < 1.29 is 26.4 Å². The second-order valence-corrected chi connectivity index (χ2v) is 11.8. The molecule has 11 heteroatoms. The number of anilines is 2. The van der Waals surface area contributed by atoms with Gasteiger partial charge in [0.25, 0.3) is 0 Å². The van der Waals surface area contributed by atoms with Crippen molar-refractivity contribution >= 4 is 37.3 Å². The smallest absolute Gasteiger partial charge is 0.248 e. The predicted octanol–water partition coefficient (Wildman–Crippen LogP) is 2.58. The van der Waals surface area contributed by atoms with Crippen LogP contribution in [0.4, 0.5) is 11.4 Å². The molecule has 3 rings (SSSR count). The van der Waals surface area contributed by atoms with Gasteiger partial charge in [0.15, 0.2) is 0 Å². The maximum Gasteiger partial charge on any atom is 0.248 e. The van der Waals surface area contributed by atoms with Gasteiger partial charge in [0.1, 0.15) is 11.8 Å². The Labute approximate surface area is 195 Å². The number of aryl methyl sites for hydroxylation is 1. The normalized spacial score (nSPS) is 15.8. The number of hydrogen-bond donors (Lipinski definition) is 1. The Hall–Kier alpha value is -2.63. The van der Waals surface area contributed by atoms with Crippen molar-refractivity contribution in [3.8, 4) is 5.75 Å². The summed E-state index contributed by atoms with van der Waals surface area (Å²) in [4.78, 5) is 13.1. The van der Waals surface area contributed by atoms with Crippen molar-refractivity contribution in [3.05, 3.63) is 48.0 Å². The van der Waals surface area contributed by atoms with E-state index in [1.54, 1.807) is 24.3 Å². The first kappa shape index (κ1) is 25.0. The van der Waals surface area contributed by atoms with Gasteiger partial charge in [-0.15, -0.1) is 0 Å². The molecule has 1 N–H and O–H groups in total. The van der Waals surface area contributed by atoms with Crippen LogP contribution >= 0.6 is 0 Å². The van der Waals surface area contributed by atoms with Gasteiger partial charge in [0.05, 0.1) is 29.6 Å². The molecule has 2 aromatic rings. The Morgan fingerprint density at radius 2 is 1.67 bits per heavy atom. The van der Waals surface area contributed by atoms with Gasteiger partial charge in [-0.3, -0.25) is 9.10 Å². The molecule has 0 radical (unpaired) electrons. The minimum atomic E-state index is -3.79. The number of carbonyl (C=O) groups excluding carboxylic acids is 1. The molecule has 1 heterocycles. The highest BCUT2D eigenvalue weighted by molar-refractivity contribution is 7.92. The summed E-state index contributed by atoms with van der Waals surface area (Å²) in [6.45, 7) is 4.24. The number of nitrogens with zero attached hydrogens (tertiary/aromatic N) is 2. The molecule has 1 atom stereocenters. The molecule has 0 aliphatic carbocycles. The molecule has 180 valence electrons. The zero-order valence-corrected chi connectivity index (χ0v) is 20.7. The average Bonchev–Trinajstić information content (AvgIpc) is 3.30. The summed E-state index contributed by atoms with van der Waals surface area (Å²) in [6.07, 6.45) is 2.63. The second-order valence-electron chi connectivity index (χ2n) is 8.03. The fourth-order valence-corrected chi connectivity index (χ4v) is 6.48. The molecular formula is C22H29N3O6S2. The first-order chi connectivity index (χ1) is 15.4. The SMILES string of the molecule is COc1ccc(S(=O)(=O)N2CCCC2)cc1NC(=O)[C@@H](C)N(c1ccc(C)cc1)S(C)(=O)=O. The molecule has 33 heavy (non-hydrogen) atoms. The van der Waals surface area contributed by atoms with E-state index in [1.807, 2.05) is 6.92 Å². The van der Waals surface area contributed by atoms with Crippen molar-refractivity contribution in [1.29, 1.82) is 0 Å². The van der Waals surface area contributed by atoms with Crippen LogP contribution in [0, 0.1) is 6.92 Å². The molecular weight excluding hydrogens is 466 g/mol. The number of hydrogen-bond acceptors (Lipinski definition) is 6. The van der Waals surface area contributed by atoms with Gasteiger partial charge in [0, 0.05) is 13.1 Å². The van der Waals surface area contributed by atoms with Gasteiger partial charge < -0.3 is 10.1 Å². The Kier molecular flexibility index (Phi) is 7.35. The van der Waals surface area contributed by atoms with Crippen LogP contribution in [0.3, 0.4) is 0 Å². The summed E-state index contributed by atoms with van der Waals surface area (Å²) in [5.41, 5.74) is 1.44. The minimum absolute atomic E-state index is 0.0339. The predicted molar refractivity (Wildman–Crippen MR) is 128 cm³/mol. The van der Waals surface area contributed by atoms with Gasteiger partial charge in [-0.1, -0.05) is 17.7 Å². The highest BCUT2D eigenvalue weighted by atomic mass is 32.2. The van der Waals surface area contributed by atoms with E-state index in [2.05, 4.69) is 5.32 Å². The number of nitrogens with one attached hydrogen (secondary N) is 1. The summed E-state index contributed by atoms with van der Waals surface area (Å²) in [5, 5.41) is 2.65. The standard InChI is InChI=1S/C22H29N3O6S2/c1-16-7-9-18(10-8-16)25(32(4,27)28)17(2)22(26)23-20-15-19(11-12-21(20)31-3)33(29,30)24-13-5-6-14-24/h7-12,15,17H,5-6,13-14H2,1-4H3,(H,23,26)/t17-/m1/s1. The summed E-state index contributed by atoms with van der Waals surface area (Å²) in [6, 6.07) is 9.91. The largest absolute Gasteiger partial charge is 0.495 e. The van der Waals surface area contributed by atoms with E-state index in [9.17, 15) is 21.6 Å². The monoisotopic (exact) mass is 495 g/mol. The van der Waals surface area contributed by atoms with E-state index in [0.29, 0.717) is 18.8 Å². The minimum Gasteiger partial charge on any atom is -0.495 e. The first-order valence-electron chi connectivity index (χ1n) is 10.5. The number of rotatable bonds is 8. The van der Waals surface area contributed by atoms with Gasteiger partial charge in [-0.25, -0.2) is 16.8 Å².